The first-order valence-corrected chi connectivity index (χ1v) is 11.1. The van der Waals surface area contributed by atoms with Crippen LogP contribution in [0.5, 0.6) is 5.75 Å². The minimum absolute atomic E-state index is 0.122. The van der Waals surface area contributed by atoms with E-state index >= 15 is 0 Å². The molecule has 0 spiro atoms. The minimum atomic E-state index is 0.122. The van der Waals surface area contributed by atoms with Crippen molar-refractivity contribution in [3.63, 3.8) is 0 Å². The molecule has 6 nitrogen and oxygen atoms in total. The number of rotatable bonds is 8. The molecule has 1 saturated heterocycles. The number of aromatic nitrogens is 2. The van der Waals surface area contributed by atoms with Crippen LogP contribution in [0.25, 0.3) is 0 Å². The van der Waals surface area contributed by atoms with Gasteiger partial charge in [-0.25, -0.2) is 0 Å². The zero-order valence-corrected chi connectivity index (χ0v) is 19.1. The van der Waals surface area contributed by atoms with Crippen LogP contribution in [-0.4, -0.2) is 41.9 Å². The molecular weight excluding hydrogens is 376 g/mol. The zero-order valence-electron chi connectivity index (χ0n) is 19.1. The van der Waals surface area contributed by atoms with Gasteiger partial charge in [-0.05, 0) is 56.7 Å². The number of piperidine rings is 1. The summed E-state index contributed by atoms with van der Waals surface area (Å²) in [6.45, 7) is 11.3. The van der Waals surface area contributed by atoms with Crippen LogP contribution in [0.3, 0.4) is 0 Å². The number of para-hydroxylation sites is 2. The Labute approximate surface area is 180 Å². The maximum atomic E-state index is 12.7. The number of benzene rings is 1. The highest BCUT2D eigenvalue weighted by molar-refractivity contribution is 5.76. The first-order valence-electron chi connectivity index (χ1n) is 11.1. The van der Waals surface area contributed by atoms with E-state index in [9.17, 15) is 4.79 Å². The van der Waals surface area contributed by atoms with Crippen LogP contribution in [-0.2, 0) is 17.8 Å². The van der Waals surface area contributed by atoms with Gasteiger partial charge in [0, 0.05) is 37.8 Å². The van der Waals surface area contributed by atoms with Crippen molar-refractivity contribution in [2.45, 2.75) is 66.0 Å². The minimum Gasteiger partial charge on any atom is -0.495 e. The monoisotopic (exact) mass is 412 g/mol. The van der Waals surface area contributed by atoms with Crippen molar-refractivity contribution in [1.29, 1.82) is 0 Å². The number of aryl methyl sites for hydroxylation is 1. The van der Waals surface area contributed by atoms with Crippen molar-refractivity contribution in [2.24, 2.45) is 5.92 Å². The molecule has 2 aromatic rings. The standard InChI is InChI=1S/C24H36N4O2/c1-17(2)15-28-19(4)21(18(3)26-28)12-13-24(29)25-20-9-8-14-27(16-20)22-10-6-7-11-23(22)30-5/h6-7,10-11,17,20H,8-9,12-16H2,1-5H3,(H,25,29). The van der Waals surface area contributed by atoms with E-state index in [4.69, 9.17) is 4.74 Å². The van der Waals surface area contributed by atoms with Crippen LogP contribution in [0.4, 0.5) is 5.69 Å². The number of carbonyl (C=O) groups excluding carboxylic acids is 1. The van der Waals surface area contributed by atoms with E-state index in [-0.39, 0.29) is 11.9 Å². The number of hydrogen-bond donors (Lipinski definition) is 1. The average molecular weight is 413 g/mol. The lowest BCUT2D eigenvalue weighted by atomic mass is 10.0. The van der Waals surface area contributed by atoms with Crippen LogP contribution >= 0.6 is 0 Å². The highest BCUT2D eigenvalue weighted by atomic mass is 16.5. The maximum Gasteiger partial charge on any atom is 0.220 e. The van der Waals surface area contributed by atoms with Crippen LogP contribution in [0.2, 0.25) is 0 Å². The van der Waals surface area contributed by atoms with Gasteiger partial charge < -0.3 is 15.0 Å². The van der Waals surface area contributed by atoms with Crippen LogP contribution < -0.4 is 15.0 Å². The molecule has 1 N–H and O–H groups in total. The summed E-state index contributed by atoms with van der Waals surface area (Å²) in [5.74, 6) is 1.56. The lowest BCUT2D eigenvalue weighted by Gasteiger charge is -2.35. The molecule has 1 amide bonds. The number of hydrogen-bond acceptors (Lipinski definition) is 4. The van der Waals surface area contributed by atoms with Crippen molar-refractivity contribution in [3.8, 4) is 5.75 Å². The molecule has 1 atom stereocenters. The van der Waals surface area contributed by atoms with Gasteiger partial charge >= 0.3 is 0 Å². The van der Waals surface area contributed by atoms with Crippen molar-refractivity contribution >= 4 is 11.6 Å². The summed E-state index contributed by atoms with van der Waals surface area (Å²) in [7, 11) is 1.70. The fourth-order valence-electron chi connectivity index (χ4n) is 4.36. The molecule has 1 fully saturated rings. The van der Waals surface area contributed by atoms with E-state index in [1.807, 2.05) is 25.1 Å². The molecule has 1 aromatic carbocycles. The quantitative estimate of drug-likeness (QED) is 0.715. The molecule has 1 unspecified atom stereocenters. The second-order valence-electron chi connectivity index (χ2n) is 8.75. The molecule has 6 heteroatoms. The summed E-state index contributed by atoms with van der Waals surface area (Å²) in [5.41, 5.74) is 4.54. The van der Waals surface area contributed by atoms with E-state index in [0.717, 1.165) is 56.0 Å². The highest BCUT2D eigenvalue weighted by Gasteiger charge is 2.23. The molecule has 2 heterocycles. The number of nitrogens with zero attached hydrogens (tertiary/aromatic N) is 3. The number of amides is 1. The normalized spacial score (nSPS) is 16.7. The maximum absolute atomic E-state index is 12.7. The molecule has 0 radical (unpaired) electrons. The second kappa shape index (κ2) is 10.0. The van der Waals surface area contributed by atoms with Gasteiger partial charge in [0.2, 0.25) is 5.91 Å². The lowest BCUT2D eigenvalue weighted by molar-refractivity contribution is -0.121. The van der Waals surface area contributed by atoms with E-state index in [2.05, 4.69) is 46.8 Å². The molecule has 1 aliphatic heterocycles. The van der Waals surface area contributed by atoms with Crippen LogP contribution in [0.1, 0.15) is 50.1 Å². The number of anilines is 1. The number of nitrogens with one attached hydrogen (secondary N) is 1. The molecule has 1 aliphatic rings. The predicted octanol–water partition coefficient (Wildman–Crippen LogP) is 3.88. The molecule has 3 rings (SSSR count). The fraction of sp³-hybridized carbons (Fsp3) is 0.583. The molecular formula is C24H36N4O2. The Balaban J connectivity index is 1.56. The Bertz CT molecular complexity index is 859. The third kappa shape index (κ3) is 5.35. The Morgan fingerprint density at radius 3 is 2.80 bits per heavy atom. The van der Waals surface area contributed by atoms with E-state index in [1.165, 1.54) is 11.3 Å². The highest BCUT2D eigenvalue weighted by Crippen LogP contribution is 2.30. The predicted molar refractivity (Wildman–Crippen MR) is 121 cm³/mol. The van der Waals surface area contributed by atoms with Gasteiger partial charge in [-0.15, -0.1) is 0 Å². The topological polar surface area (TPSA) is 59.4 Å². The van der Waals surface area contributed by atoms with Gasteiger partial charge in [0.25, 0.3) is 0 Å². The van der Waals surface area contributed by atoms with Gasteiger partial charge in [0.15, 0.2) is 0 Å². The van der Waals surface area contributed by atoms with Gasteiger partial charge in [-0.2, -0.15) is 5.10 Å². The first kappa shape index (κ1) is 22.2. The smallest absolute Gasteiger partial charge is 0.220 e. The SMILES string of the molecule is COc1ccccc1N1CCCC(NC(=O)CCc2c(C)nn(CC(C)C)c2C)C1. The summed E-state index contributed by atoms with van der Waals surface area (Å²) in [6.07, 6.45) is 3.32. The van der Waals surface area contributed by atoms with Crippen LogP contribution in [0.15, 0.2) is 24.3 Å². The van der Waals surface area contributed by atoms with Crippen molar-refractivity contribution in [1.82, 2.24) is 15.1 Å². The van der Waals surface area contributed by atoms with E-state index in [0.29, 0.717) is 12.3 Å². The summed E-state index contributed by atoms with van der Waals surface area (Å²) >= 11 is 0. The van der Waals surface area contributed by atoms with Crippen molar-refractivity contribution in [2.75, 3.05) is 25.1 Å². The molecule has 30 heavy (non-hydrogen) atoms. The second-order valence-corrected chi connectivity index (χ2v) is 8.75. The van der Waals surface area contributed by atoms with Crippen LogP contribution in [0, 0.1) is 19.8 Å². The first-order chi connectivity index (χ1) is 14.4. The molecule has 1 aromatic heterocycles. The summed E-state index contributed by atoms with van der Waals surface area (Å²) in [5, 5.41) is 7.93. The summed E-state index contributed by atoms with van der Waals surface area (Å²) < 4.78 is 7.60. The third-order valence-electron chi connectivity index (χ3n) is 5.88. The fourth-order valence-corrected chi connectivity index (χ4v) is 4.36. The molecule has 164 valence electrons. The van der Waals surface area contributed by atoms with Gasteiger partial charge in [-0.3, -0.25) is 9.48 Å². The summed E-state index contributed by atoms with van der Waals surface area (Å²) in [4.78, 5) is 15.0. The number of carbonyl (C=O) groups is 1. The van der Waals surface area contributed by atoms with Crippen molar-refractivity contribution < 1.29 is 9.53 Å². The van der Waals surface area contributed by atoms with Crippen molar-refractivity contribution in [3.05, 3.63) is 41.2 Å². The number of methoxy groups -OCH3 is 1. The zero-order chi connectivity index (χ0) is 21.7. The molecule has 0 bridgehead atoms. The Kier molecular flexibility index (Phi) is 7.40. The summed E-state index contributed by atoms with van der Waals surface area (Å²) in [6, 6.07) is 8.26. The third-order valence-corrected chi connectivity index (χ3v) is 5.88. The molecule has 0 saturated carbocycles. The van der Waals surface area contributed by atoms with E-state index in [1.54, 1.807) is 7.11 Å². The van der Waals surface area contributed by atoms with Gasteiger partial charge in [-0.1, -0.05) is 26.0 Å². The lowest BCUT2D eigenvalue weighted by Crippen LogP contribution is -2.48. The Hall–Kier alpha value is -2.50. The average Bonchev–Trinajstić information content (AvgIpc) is 2.98. The Morgan fingerprint density at radius 1 is 1.30 bits per heavy atom. The van der Waals surface area contributed by atoms with E-state index < -0.39 is 0 Å². The van der Waals surface area contributed by atoms with Gasteiger partial charge in [0.05, 0.1) is 18.5 Å². The molecule has 0 aliphatic carbocycles. The largest absolute Gasteiger partial charge is 0.495 e. The number of ether oxygens (including phenoxy) is 1. The van der Waals surface area contributed by atoms with Gasteiger partial charge in [0.1, 0.15) is 5.75 Å². The Morgan fingerprint density at radius 2 is 2.07 bits per heavy atom.